The van der Waals surface area contributed by atoms with Crippen LogP contribution in [0, 0.1) is 0 Å². The zero-order valence-corrected chi connectivity index (χ0v) is 16.1. The number of carbonyl (C=O) groups excluding carboxylic acids is 1. The average Bonchev–Trinajstić information content (AvgIpc) is 3.26. The Labute approximate surface area is 165 Å². The number of rotatable bonds is 6. The van der Waals surface area contributed by atoms with Gasteiger partial charge in [-0.1, -0.05) is 12.8 Å². The van der Waals surface area contributed by atoms with E-state index in [1.54, 1.807) is 18.6 Å². The summed E-state index contributed by atoms with van der Waals surface area (Å²) in [7, 11) is 0. The number of aryl methyl sites for hydroxylation is 1. The van der Waals surface area contributed by atoms with Crippen LogP contribution in [0.5, 0.6) is 0 Å². The number of nitrogens with zero attached hydrogens (tertiary/aromatic N) is 4. The monoisotopic (exact) mass is 381 g/mol. The Bertz CT molecular complexity index is 779. The molecule has 2 aromatic rings. The van der Waals surface area contributed by atoms with Crippen molar-refractivity contribution in [2.45, 2.75) is 50.7 Å². The Hall–Kier alpha value is -2.54. The Kier molecular flexibility index (Phi) is 6.11. The van der Waals surface area contributed by atoms with Crippen LogP contribution in [0.4, 0.5) is 5.69 Å². The first-order chi connectivity index (χ1) is 13.8. The number of hydrogen-bond donors (Lipinski definition) is 1. The third-order valence-corrected chi connectivity index (χ3v) is 5.44. The lowest BCUT2D eigenvalue weighted by Crippen LogP contribution is -2.38. The first kappa shape index (κ1) is 18.8. The Morgan fingerprint density at radius 2 is 2.11 bits per heavy atom. The maximum Gasteiger partial charge on any atom is 0.220 e. The van der Waals surface area contributed by atoms with Crippen LogP contribution in [-0.2, 0) is 16.0 Å². The van der Waals surface area contributed by atoms with E-state index < -0.39 is 0 Å². The molecule has 1 saturated carbocycles. The second-order valence-corrected chi connectivity index (χ2v) is 7.50. The molecule has 3 heterocycles. The average molecular weight is 381 g/mol. The molecule has 2 aromatic heterocycles. The summed E-state index contributed by atoms with van der Waals surface area (Å²) >= 11 is 0. The molecular weight excluding hydrogens is 354 g/mol. The topological polar surface area (TPSA) is 80.2 Å². The van der Waals surface area contributed by atoms with Crippen LogP contribution in [0.2, 0.25) is 0 Å². The van der Waals surface area contributed by atoms with Crippen LogP contribution in [0.15, 0.2) is 36.9 Å². The van der Waals surface area contributed by atoms with Gasteiger partial charge in [-0.15, -0.1) is 0 Å². The Balaban J connectivity index is 1.34. The number of ether oxygens (including phenoxy) is 1. The molecule has 0 bridgehead atoms. The third-order valence-electron chi connectivity index (χ3n) is 5.44. The molecule has 1 aliphatic heterocycles. The van der Waals surface area contributed by atoms with Gasteiger partial charge in [-0.2, -0.15) is 0 Å². The van der Waals surface area contributed by atoms with Gasteiger partial charge in [0.05, 0.1) is 42.6 Å². The highest BCUT2D eigenvalue weighted by molar-refractivity contribution is 5.76. The van der Waals surface area contributed by atoms with Gasteiger partial charge in [0.15, 0.2) is 0 Å². The first-order valence-corrected chi connectivity index (χ1v) is 10.1. The molecule has 0 aromatic carbocycles. The normalized spacial score (nSPS) is 20.3. The van der Waals surface area contributed by atoms with E-state index in [-0.39, 0.29) is 12.0 Å². The van der Waals surface area contributed by atoms with Crippen molar-refractivity contribution in [2.24, 2.45) is 0 Å². The molecular formula is C21H27N5O2. The summed E-state index contributed by atoms with van der Waals surface area (Å²) in [5.74, 6) is 0.107. The van der Waals surface area contributed by atoms with Gasteiger partial charge in [-0.05, 0) is 31.4 Å². The molecule has 1 unspecified atom stereocenters. The summed E-state index contributed by atoms with van der Waals surface area (Å²) in [6, 6.07) is 4.36. The number of hydrogen-bond acceptors (Lipinski definition) is 6. The van der Waals surface area contributed by atoms with Gasteiger partial charge in [0.25, 0.3) is 0 Å². The van der Waals surface area contributed by atoms with Crippen LogP contribution < -0.4 is 10.2 Å². The zero-order chi connectivity index (χ0) is 19.2. The summed E-state index contributed by atoms with van der Waals surface area (Å²) in [6.45, 7) is 2.18. The maximum absolute atomic E-state index is 12.2. The largest absolute Gasteiger partial charge is 0.368 e. The smallest absolute Gasteiger partial charge is 0.220 e. The van der Waals surface area contributed by atoms with Gasteiger partial charge < -0.3 is 15.0 Å². The van der Waals surface area contributed by atoms with Crippen molar-refractivity contribution in [3.8, 4) is 0 Å². The number of amides is 1. The van der Waals surface area contributed by atoms with Crippen molar-refractivity contribution in [1.29, 1.82) is 0 Å². The van der Waals surface area contributed by atoms with Crippen molar-refractivity contribution in [2.75, 3.05) is 24.6 Å². The van der Waals surface area contributed by atoms with Crippen LogP contribution in [-0.4, -0.2) is 46.6 Å². The molecule has 1 amide bonds. The molecule has 148 valence electrons. The number of aromatic nitrogens is 3. The first-order valence-electron chi connectivity index (χ1n) is 10.1. The molecule has 0 radical (unpaired) electrons. The Morgan fingerprint density at radius 1 is 1.21 bits per heavy atom. The van der Waals surface area contributed by atoms with E-state index in [1.807, 2.05) is 12.3 Å². The van der Waals surface area contributed by atoms with E-state index in [0.717, 1.165) is 36.5 Å². The summed E-state index contributed by atoms with van der Waals surface area (Å²) < 4.78 is 5.94. The van der Waals surface area contributed by atoms with Crippen molar-refractivity contribution in [3.63, 3.8) is 0 Å². The number of anilines is 1. The second kappa shape index (κ2) is 9.10. The quantitative estimate of drug-likeness (QED) is 0.828. The fraction of sp³-hybridized carbons (Fsp3) is 0.524. The van der Waals surface area contributed by atoms with Crippen LogP contribution in [0.1, 0.15) is 49.6 Å². The molecule has 2 aliphatic rings. The van der Waals surface area contributed by atoms with Gasteiger partial charge in [0, 0.05) is 31.4 Å². The minimum Gasteiger partial charge on any atom is -0.368 e. The highest BCUT2D eigenvalue weighted by Gasteiger charge is 2.24. The molecule has 1 atom stereocenters. The van der Waals surface area contributed by atoms with E-state index in [0.29, 0.717) is 32.0 Å². The van der Waals surface area contributed by atoms with Crippen molar-refractivity contribution >= 4 is 11.6 Å². The molecule has 28 heavy (non-hydrogen) atoms. The molecule has 0 spiro atoms. The molecule has 1 saturated heterocycles. The number of nitrogens with one attached hydrogen (secondary N) is 1. The lowest BCUT2D eigenvalue weighted by atomic mass is 10.1. The zero-order valence-electron chi connectivity index (χ0n) is 16.1. The van der Waals surface area contributed by atoms with E-state index in [4.69, 9.17) is 9.72 Å². The lowest BCUT2D eigenvalue weighted by molar-refractivity contribution is -0.121. The van der Waals surface area contributed by atoms with Crippen molar-refractivity contribution < 1.29 is 9.53 Å². The van der Waals surface area contributed by atoms with Crippen LogP contribution in [0.25, 0.3) is 0 Å². The highest BCUT2D eigenvalue weighted by atomic mass is 16.5. The predicted molar refractivity (Wildman–Crippen MR) is 106 cm³/mol. The standard InChI is InChI=1S/C21H27N5O2/c27-21(25-16-4-1-2-5-16)8-7-17-12-23-14-19(24-17)20-15-26(10-11-28-20)18-6-3-9-22-13-18/h3,6,9,12-14,16,20H,1-2,4-5,7-8,10-11,15H2,(H,25,27). The van der Waals surface area contributed by atoms with Crippen LogP contribution >= 0.6 is 0 Å². The van der Waals surface area contributed by atoms with E-state index in [9.17, 15) is 4.79 Å². The molecule has 1 aliphatic carbocycles. The summed E-state index contributed by atoms with van der Waals surface area (Å²) in [5.41, 5.74) is 2.74. The van der Waals surface area contributed by atoms with Crippen molar-refractivity contribution in [1.82, 2.24) is 20.3 Å². The third kappa shape index (κ3) is 4.84. The fourth-order valence-electron chi connectivity index (χ4n) is 3.91. The Morgan fingerprint density at radius 3 is 2.93 bits per heavy atom. The fourth-order valence-corrected chi connectivity index (χ4v) is 3.91. The minimum atomic E-state index is -0.131. The van der Waals surface area contributed by atoms with Crippen molar-refractivity contribution in [3.05, 3.63) is 48.3 Å². The molecule has 1 N–H and O–H groups in total. The summed E-state index contributed by atoms with van der Waals surface area (Å²) in [5, 5.41) is 3.13. The van der Waals surface area contributed by atoms with Gasteiger partial charge >= 0.3 is 0 Å². The highest BCUT2D eigenvalue weighted by Crippen LogP contribution is 2.24. The van der Waals surface area contributed by atoms with Gasteiger partial charge in [-0.25, -0.2) is 0 Å². The maximum atomic E-state index is 12.2. The number of morpholine rings is 1. The molecule has 2 fully saturated rings. The van der Waals surface area contributed by atoms with Gasteiger partial charge in [0.2, 0.25) is 5.91 Å². The SMILES string of the molecule is O=C(CCc1cncc(C2CN(c3cccnc3)CCO2)n1)NC1CCCC1. The molecule has 7 heteroatoms. The van der Waals surface area contributed by atoms with E-state index in [2.05, 4.69) is 26.3 Å². The number of carbonyl (C=O) groups is 1. The van der Waals surface area contributed by atoms with Gasteiger partial charge in [0.1, 0.15) is 6.10 Å². The van der Waals surface area contributed by atoms with E-state index >= 15 is 0 Å². The second-order valence-electron chi connectivity index (χ2n) is 7.50. The summed E-state index contributed by atoms with van der Waals surface area (Å²) in [6.07, 6.45) is 12.7. The van der Waals surface area contributed by atoms with Crippen LogP contribution in [0.3, 0.4) is 0 Å². The lowest BCUT2D eigenvalue weighted by Gasteiger charge is -2.34. The minimum absolute atomic E-state index is 0.107. The predicted octanol–water partition coefficient (Wildman–Crippen LogP) is 2.44. The van der Waals surface area contributed by atoms with E-state index in [1.165, 1.54) is 12.8 Å². The van der Waals surface area contributed by atoms with Gasteiger partial charge in [-0.3, -0.25) is 19.7 Å². The number of pyridine rings is 1. The summed E-state index contributed by atoms with van der Waals surface area (Å²) in [4.78, 5) is 27.7. The molecule has 4 rings (SSSR count). The molecule has 7 nitrogen and oxygen atoms in total.